The number of rotatable bonds is 6. The van der Waals surface area contributed by atoms with E-state index in [1.54, 1.807) is 36.4 Å². The van der Waals surface area contributed by atoms with E-state index < -0.39 is 18.0 Å². The molecule has 1 amide bonds. The van der Waals surface area contributed by atoms with Gasteiger partial charge in [0, 0.05) is 10.5 Å². The topological polar surface area (TPSA) is 92.8 Å². The zero-order valence-corrected chi connectivity index (χ0v) is 16.5. The van der Waals surface area contributed by atoms with E-state index in [4.69, 9.17) is 15.7 Å². The third kappa shape index (κ3) is 4.86. The van der Waals surface area contributed by atoms with E-state index in [0.717, 1.165) is 16.2 Å². The summed E-state index contributed by atoms with van der Waals surface area (Å²) in [6.07, 6.45) is -0.297. The molecule has 1 aliphatic heterocycles. The van der Waals surface area contributed by atoms with Crippen molar-refractivity contribution in [2.24, 2.45) is 5.22 Å². The van der Waals surface area contributed by atoms with Gasteiger partial charge in [0.1, 0.15) is 18.3 Å². The van der Waals surface area contributed by atoms with Crippen LogP contribution >= 0.6 is 12.6 Å². The third-order valence-corrected chi connectivity index (χ3v) is 4.28. The second-order valence-electron chi connectivity index (χ2n) is 5.68. The molecule has 3 rings (SSSR count). The van der Waals surface area contributed by atoms with Crippen LogP contribution in [-0.2, 0) is 4.74 Å². The summed E-state index contributed by atoms with van der Waals surface area (Å²) >= 11 is 4.21. The van der Waals surface area contributed by atoms with Crippen molar-refractivity contribution in [1.82, 2.24) is 5.01 Å². The van der Waals surface area contributed by atoms with Gasteiger partial charge in [0.15, 0.2) is 0 Å². The fraction of sp³-hybridized carbons (Fsp3) is 0.263. The molecule has 1 heterocycles. The maximum absolute atomic E-state index is 14.6. The molecule has 1 aliphatic rings. The molecular formula is C19H22FN5O2S. The average molecular weight is 403 g/mol. The van der Waals surface area contributed by atoms with Crippen molar-refractivity contribution in [3.05, 3.63) is 48.3 Å². The number of thiol groups is 1. The Kier molecular flexibility index (Phi) is 7.51. The van der Waals surface area contributed by atoms with Gasteiger partial charge in [-0.3, -0.25) is 10.3 Å². The molecule has 148 valence electrons. The fourth-order valence-corrected chi connectivity index (χ4v) is 2.85. The van der Waals surface area contributed by atoms with E-state index in [9.17, 15) is 9.18 Å². The van der Waals surface area contributed by atoms with Crippen LogP contribution in [-0.4, -0.2) is 36.6 Å². The first-order valence-electron chi connectivity index (χ1n) is 8.73. The van der Waals surface area contributed by atoms with Crippen molar-refractivity contribution in [1.29, 1.82) is 10.9 Å². The van der Waals surface area contributed by atoms with E-state index in [-0.39, 0.29) is 13.1 Å². The molecule has 28 heavy (non-hydrogen) atoms. The van der Waals surface area contributed by atoms with Crippen LogP contribution in [0.5, 0.6) is 0 Å². The van der Waals surface area contributed by atoms with Crippen molar-refractivity contribution in [2.75, 3.05) is 18.0 Å². The van der Waals surface area contributed by atoms with E-state index in [1.807, 2.05) is 13.8 Å². The largest absolute Gasteiger partial charge is 0.442 e. The lowest BCUT2D eigenvalue weighted by Gasteiger charge is -2.16. The Morgan fingerprint density at radius 3 is 2.57 bits per heavy atom. The van der Waals surface area contributed by atoms with Crippen LogP contribution in [0.1, 0.15) is 13.8 Å². The lowest BCUT2D eigenvalue weighted by Crippen LogP contribution is -2.30. The Labute approximate surface area is 168 Å². The first kappa shape index (κ1) is 21.4. The Morgan fingerprint density at radius 1 is 1.32 bits per heavy atom. The highest BCUT2D eigenvalue weighted by molar-refractivity contribution is 7.80. The maximum atomic E-state index is 14.6. The number of carbonyl (C=O) groups excluding carboxylic acids is 1. The summed E-state index contributed by atoms with van der Waals surface area (Å²) in [7, 11) is 0. The van der Waals surface area contributed by atoms with Gasteiger partial charge in [0.25, 0.3) is 0 Å². The van der Waals surface area contributed by atoms with Crippen LogP contribution < -0.4 is 4.90 Å². The van der Waals surface area contributed by atoms with Crippen LogP contribution in [0.3, 0.4) is 0 Å². The number of nitrogens with zero attached hydrogens (tertiary/aromatic N) is 3. The molecular weight excluding hydrogens is 381 g/mol. The second-order valence-corrected chi connectivity index (χ2v) is 6.19. The molecule has 1 fully saturated rings. The van der Waals surface area contributed by atoms with Crippen molar-refractivity contribution >= 4 is 30.7 Å². The van der Waals surface area contributed by atoms with Crippen LogP contribution in [0.2, 0.25) is 0 Å². The minimum Gasteiger partial charge on any atom is -0.442 e. The molecule has 0 saturated carbocycles. The molecule has 2 N–H and O–H groups in total. The molecule has 0 aromatic heterocycles. The number of cyclic esters (lactones) is 1. The molecule has 9 heteroatoms. The predicted molar refractivity (Wildman–Crippen MR) is 109 cm³/mol. The monoisotopic (exact) mass is 403 g/mol. The molecule has 2 aromatic rings. The number of carbonyl (C=O) groups is 1. The lowest BCUT2D eigenvalue weighted by molar-refractivity contribution is 0.125. The minimum atomic E-state index is -0.600. The van der Waals surface area contributed by atoms with Gasteiger partial charge < -0.3 is 4.74 Å². The van der Waals surface area contributed by atoms with Crippen LogP contribution in [0.4, 0.5) is 14.9 Å². The lowest BCUT2D eigenvalue weighted by atomic mass is 10.0. The number of nitrogens with one attached hydrogen (secondary N) is 2. The summed E-state index contributed by atoms with van der Waals surface area (Å²) in [5.41, 5.74) is 8.45. The Morgan fingerprint density at radius 2 is 2.00 bits per heavy atom. The number of ether oxygens (including phenoxy) is 1. The maximum Gasteiger partial charge on any atom is 0.414 e. The SMILES string of the molecule is CC.N=CN(C[C@H]1CN(c2ccc(-c3ccc(S)cc3)c(F)c2)C(=O)O1)N=N. The first-order chi connectivity index (χ1) is 13.5. The van der Waals surface area contributed by atoms with Crippen molar-refractivity contribution in [3.63, 3.8) is 0 Å². The van der Waals surface area contributed by atoms with Crippen molar-refractivity contribution in [3.8, 4) is 11.1 Å². The number of hydrogen-bond donors (Lipinski definition) is 3. The quantitative estimate of drug-likeness (QED) is 0.209. The van der Waals surface area contributed by atoms with Gasteiger partial charge in [-0.1, -0.05) is 31.2 Å². The van der Waals surface area contributed by atoms with E-state index in [2.05, 4.69) is 17.9 Å². The number of amides is 1. The molecule has 0 bridgehead atoms. The Balaban J connectivity index is 0.00000136. The fourth-order valence-electron chi connectivity index (χ4n) is 2.71. The molecule has 0 aliphatic carbocycles. The number of benzene rings is 2. The van der Waals surface area contributed by atoms with Gasteiger partial charge >= 0.3 is 6.09 Å². The molecule has 7 nitrogen and oxygen atoms in total. The van der Waals surface area contributed by atoms with E-state index in [1.165, 1.54) is 11.0 Å². The summed E-state index contributed by atoms with van der Waals surface area (Å²) < 4.78 is 19.8. The zero-order chi connectivity index (χ0) is 20.7. The summed E-state index contributed by atoms with van der Waals surface area (Å²) in [5, 5.41) is 11.3. The number of hydrogen-bond acceptors (Lipinski definition) is 6. The molecule has 0 spiro atoms. The zero-order valence-electron chi connectivity index (χ0n) is 15.6. The molecule has 1 saturated heterocycles. The smallest absolute Gasteiger partial charge is 0.414 e. The number of halogens is 1. The predicted octanol–water partition coefficient (Wildman–Crippen LogP) is 4.99. The Bertz CT molecular complexity index is 839. The normalized spacial score (nSPS) is 15.4. The van der Waals surface area contributed by atoms with Crippen molar-refractivity contribution in [2.45, 2.75) is 24.8 Å². The van der Waals surface area contributed by atoms with Gasteiger partial charge in [-0.15, -0.1) is 12.6 Å². The summed E-state index contributed by atoms with van der Waals surface area (Å²) in [6.45, 7) is 4.28. The van der Waals surface area contributed by atoms with Gasteiger partial charge in [0.05, 0.1) is 18.8 Å². The number of anilines is 1. The van der Waals surface area contributed by atoms with E-state index >= 15 is 0 Å². The van der Waals surface area contributed by atoms with Crippen LogP contribution in [0, 0.1) is 16.8 Å². The van der Waals surface area contributed by atoms with Gasteiger partial charge in [-0.2, -0.15) is 5.53 Å². The van der Waals surface area contributed by atoms with E-state index in [0.29, 0.717) is 16.8 Å². The summed E-state index contributed by atoms with van der Waals surface area (Å²) in [5.74, 6) is -0.451. The average Bonchev–Trinajstić information content (AvgIpc) is 3.08. The van der Waals surface area contributed by atoms with Crippen LogP contribution in [0.25, 0.3) is 11.1 Å². The minimum absolute atomic E-state index is 0.0892. The molecule has 0 radical (unpaired) electrons. The third-order valence-electron chi connectivity index (χ3n) is 3.98. The second kappa shape index (κ2) is 9.84. The van der Waals surface area contributed by atoms with Crippen LogP contribution in [0.15, 0.2) is 52.6 Å². The highest BCUT2D eigenvalue weighted by Crippen LogP contribution is 2.29. The summed E-state index contributed by atoms with van der Waals surface area (Å²) in [4.78, 5) is 14.2. The van der Waals surface area contributed by atoms with Gasteiger partial charge in [0.2, 0.25) is 0 Å². The summed E-state index contributed by atoms with van der Waals surface area (Å²) in [6, 6.07) is 11.7. The van der Waals surface area contributed by atoms with Crippen molar-refractivity contribution < 1.29 is 13.9 Å². The highest BCUT2D eigenvalue weighted by atomic mass is 32.1. The Hall–Kier alpha value is -2.94. The van der Waals surface area contributed by atoms with Gasteiger partial charge in [-0.25, -0.2) is 14.2 Å². The standard InChI is InChI=1S/C17H16FN5O2S.C2H6/c18-16-7-12(3-6-15(16)11-1-4-14(26)5-2-11)23-9-13(25-17(23)24)8-22(10-19)21-20;1-2/h1-7,10,13,19-20,26H,8-9H2;1-2H3/t13-;/m0./s1. The molecule has 0 unspecified atom stereocenters. The first-order valence-corrected chi connectivity index (χ1v) is 9.18. The highest BCUT2D eigenvalue weighted by Gasteiger charge is 2.33. The van der Waals surface area contributed by atoms with Gasteiger partial charge in [-0.05, 0) is 35.9 Å². The molecule has 1 atom stereocenters. The molecule has 2 aromatic carbocycles.